The van der Waals surface area contributed by atoms with E-state index in [0.717, 1.165) is 0 Å². The first-order valence-electron chi connectivity index (χ1n) is 5.71. The second kappa shape index (κ2) is 4.07. The predicted octanol–water partition coefficient (Wildman–Crippen LogP) is 0.0881. The molecule has 18 heavy (non-hydrogen) atoms. The number of ether oxygens (including phenoxy) is 2. The summed E-state index contributed by atoms with van der Waals surface area (Å²) in [6, 6.07) is 0. The van der Waals surface area contributed by atoms with Gasteiger partial charge in [-0.15, -0.1) is 0 Å². The smallest absolute Gasteiger partial charge is 0.422 e. The third-order valence-corrected chi connectivity index (χ3v) is 4.15. The van der Waals surface area contributed by atoms with E-state index in [1.165, 1.54) is 4.31 Å². The zero-order valence-electron chi connectivity index (χ0n) is 10.7. The molecule has 2 fully saturated rings. The average Bonchev–Trinajstić information content (AvgIpc) is 1.89. The number of carbonyl (C=O) groups is 1. The molecule has 2 heterocycles. The summed E-state index contributed by atoms with van der Waals surface area (Å²) in [4.78, 5) is 11.4. The molecule has 2 saturated heterocycles. The van der Waals surface area contributed by atoms with Gasteiger partial charge in [0.1, 0.15) is 5.60 Å². The molecule has 2 aliphatic rings. The monoisotopic (exact) mass is 278 g/mol. The Labute approximate surface area is 107 Å². The molecule has 104 valence electrons. The van der Waals surface area contributed by atoms with Crippen LogP contribution in [0.1, 0.15) is 20.8 Å². The Bertz CT molecular complexity index is 441. The van der Waals surface area contributed by atoms with Crippen LogP contribution in [0.4, 0.5) is 4.79 Å². The van der Waals surface area contributed by atoms with E-state index >= 15 is 0 Å². The molecule has 0 aromatic carbocycles. The van der Waals surface area contributed by atoms with Crippen LogP contribution in [-0.4, -0.2) is 50.7 Å². The van der Waals surface area contributed by atoms with Crippen LogP contribution >= 0.6 is 0 Å². The van der Waals surface area contributed by atoms with Crippen molar-refractivity contribution in [2.45, 2.75) is 26.4 Å². The minimum atomic E-state index is -3.79. The summed E-state index contributed by atoms with van der Waals surface area (Å²) in [7, 11) is -3.79. The van der Waals surface area contributed by atoms with Gasteiger partial charge in [-0.3, -0.25) is 0 Å². The highest BCUT2D eigenvalue weighted by atomic mass is 32.2. The lowest BCUT2D eigenvalue weighted by molar-refractivity contribution is -0.167. The highest BCUT2D eigenvalue weighted by molar-refractivity contribution is 7.87. The number of nitrogens with one attached hydrogen (secondary N) is 1. The minimum absolute atomic E-state index is 0.0251. The number of hydrogen-bond acceptors (Lipinski definition) is 5. The maximum atomic E-state index is 11.8. The Kier molecular flexibility index (Phi) is 3.07. The summed E-state index contributed by atoms with van der Waals surface area (Å²) >= 11 is 0. The van der Waals surface area contributed by atoms with Crippen LogP contribution in [0.2, 0.25) is 0 Å². The van der Waals surface area contributed by atoms with Gasteiger partial charge >= 0.3 is 16.3 Å². The van der Waals surface area contributed by atoms with Gasteiger partial charge in [0.25, 0.3) is 0 Å². The topological polar surface area (TPSA) is 84.9 Å². The van der Waals surface area contributed by atoms with Gasteiger partial charge in [0.15, 0.2) is 0 Å². The first-order chi connectivity index (χ1) is 8.12. The summed E-state index contributed by atoms with van der Waals surface area (Å²) in [6.45, 7) is 6.98. The first kappa shape index (κ1) is 13.6. The summed E-state index contributed by atoms with van der Waals surface area (Å²) in [5, 5.41) is 0. The Morgan fingerprint density at radius 1 is 1.33 bits per heavy atom. The minimum Gasteiger partial charge on any atom is -0.443 e. The number of rotatable bonds is 2. The average molecular weight is 278 g/mol. The van der Waals surface area contributed by atoms with Gasteiger partial charge in [0, 0.05) is 18.5 Å². The van der Waals surface area contributed by atoms with Crippen molar-refractivity contribution in [2.24, 2.45) is 5.41 Å². The SMILES string of the molecule is CC(C)(C)OC(=O)NS(=O)(=O)N1CC2(COC2)C1. The maximum absolute atomic E-state index is 11.8. The molecule has 1 N–H and O–H groups in total. The van der Waals surface area contributed by atoms with E-state index in [1.54, 1.807) is 20.8 Å². The Hall–Kier alpha value is -0.860. The van der Waals surface area contributed by atoms with E-state index in [1.807, 2.05) is 4.72 Å². The van der Waals surface area contributed by atoms with Crippen LogP contribution in [0.5, 0.6) is 0 Å². The van der Waals surface area contributed by atoms with Crippen molar-refractivity contribution in [3.63, 3.8) is 0 Å². The van der Waals surface area contributed by atoms with E-state index in [9.17, 15) is 13.2 Å². The molecule has 1 amide bonds. The molecule has 1 spiro atoms. The maximum Gasteiger partial charge on any atom is 0.422 e. The van der Waals surface area contributed by atoms with Crippen molar-refractivity contribution in [3.05, 3.63) is 0 Å². The van der Waals surface area contributed by atoms with E-state index in [2.05, 4.69) is 0 Å². The molecule has 0 aromatic rings. The summed E-state index contributed by atoms with van der Waals surface area (Å²) in [6.07, 6.45) is -0.951. The van der Waals surface area contributed by atoms with Gasteiger partial charge in [0.05, 0.1) is 13.2 Å². The van der Waals surface area contributed by atoms with Crippen LogP contribution in [0.3, 0.4) is 0 Å². The van der Waals surface area contributed by atoms with Crippen molar-refractivity contribution in [1.29, 1.82) is 0 Å². The van der Waals surface area contributed by atoms with Crippen LogP contribution in [0, 0.1) is 5.41 Å². The lowest BCUT2D eigenvalue weighted by Gasteiger charge is -2.53. The molecular formula is C10H18N2O5S. The lowest BCUT2D eigenvalue weighted by atomic mass is 9.80. The Morgan fingerprint density at radius 3 is 2.28 bits per heavy atom. The molecule has 0 aliphatic carbocycles. The number of carbonyl (C=O) groups excluding carboxylic acids is 1. The lowest BCUT2D eigenvalue weighted by Crippen LogP contribution is -2.68. The molecule has 0 atom stereocenters. The van der Waals surface area contributed by atoms with E-state index in [4.69, 9.17) is 9.47 Å². The molecule has 0 aromatic heterocycles. The fourth-order valence-electron chi connectivity index (χ4n) is 1.91. The molecule has 2 aliphatic heterocycles. The van der Waals surface area contributed by atoms with Crippen molar-refractivity contribution in [3.8, 4) is 0 Å². The second-order valence-corrected chi connectivity index (χ2v) is 7.54. The molecular weight excluding hydrogens is 260 g/mol. The molecule has 0 unspecified atom stereocenters. The molecule has 8 heteroatoms. The third kappa shape index (κ3) is 2.76. The van der Waals surface area contributed by atoms with Gasteiger partial charge in [-0.1, -0.05) is 0 Å². The molecule has 0 bridgehead atoms. The Morgan fingerprint density at radius 2 is 1.89 bits per heavy atom. The molecule has 7 nitrogen and oxygen atoms in total. The zero-order chi connectivity index (χ0) is 13.6. The van der Waals surface area contributed by atoms with E-state index in [-0.39, 0.29) is 5.41 Å². The van der Waals surface area contributed by atoms with Crippen LogP contribution < -0.4 is 4.72 Å². The molecule has 2 rings (SSSR count). The predicted molar refractivity (Wildman–Crippen MR) is 63.1 cm³/mol. The number of nitrogens with zero attached hydrogens (tertiary/aromatic N) is 1. The van der Waals surface area contributed by atoms with Crippen molar-refractivity contribution >= 4 is 16.3 Å². The Balaban J connectivity index is 1.87. The second-order valence-electron chi connectivity index (χ2n) is 5.87. The number of amides is 1. The van der Waals surface area contributed by atoms with Gasteiger partial charge in [0.2, 0.25) is 0 Å². The standard InChI is InChI=1S/C10H18N2O5S/c1-9(2,3)17-8(13)11-18(14,15)12-4-10(5-12)6-16-7-10/h4-7H2,1-3H3,(H,11,13). The molecule has 0 radical (unpaired) electrons. The fraction of sp³-hybridized carbons (Fsp3) is 0.900. The van der Waals surface area contributed by atoms with Crippen LogP contribution in [-0.2, 0) is 19.7 Å². The van der Waals surface area contributed by atoms with Gasteiger partial charge in [-0.25, -0.2) is 9.52 Å². The highest BCUT2D eigenvalue weighted by Gasteiger charge is 2.53. The van der Waals surface area contributed by atoms with Crippen molar-refractivity contribution < 1.29 is 22.7 Å². The van der Waals surface area contributed by atoms with Crippen LogP contribution in [0.25, 0.3) is 0 Å². The number of hydrogen-bond donors (Lipinski definition) is 1. The summed E-state index contributed by atoms with van der Waals surface area (Å²) < 4.78 is 36.7. The first-order valence-corrected chi connectivity index (χ1v) is 7.15. The van der Waals surface area contributed by atoms with Gasteiger partial charge in [-0.2, -0.15) is 12.7 Å². The van der Waals surface area contributed by atoms with Crippen molar-refractivity contribution in [2.75, 3.05) is 26.3 Å². The van der Waals surface area contributed by atoms with Gasteiger partial charge < -0.3 is 9.47 Å². The summed E-state index contributed by atoms with van der Waals surface area (Å²) in [5.41, 5.74) is -0.750. The fourth-order valence-corrected chi connectivity index (χ4v) is 3.18. The normalized spacial score (nSPS) is 23.1. The van der Waals surface area contributed by atoms with E-state index in [0.29, 0.717) is 26.3 Å². The van der Waals surface area contributed by atoms with Crippen molar-refractivity contribution in [1.82, 2.24) is 9.03 Å². The zero-order valence-corrected chi connectivity index (χ0v) is 11.5. The van der Waals surface area contributed by atoms with Gasteiger partial charge in [-0.05, 0) is 20.8 Å². The van der Waals surface area contributed by atoms with E-state index < -0.39 is 21.9 Å². The molecule has 0 saturated carbocycles. The highest BCUT2D eigenvalue weighted by Crippen LogP contribution is 2.38. The largest absolute Gasteiger partial charge is 0.443 e. The van der Waals surface area contributed by atoms with Crippen LogP contribution in [0.15, 0.2) is 0 Å². The third-order valence-electron chi connectivity index (χ3n) is 2.79. The summed E-state index contributed by atoms with van der Waals surface area (Å²) in [5.74, 6) is 0. The quantitative estimate of drug-likeness (QED) is 0.773.